The van der Waals surface area contributed by atoms with Gasteiger partial charge in [-0.1, -0.05) is 59.8 Å². The highest BCUT2D eigenvalue weighted by molar-refractivity contribution is 8.05. The van der Waals surface area contributed by atoms with Gasteiger partial charge in [-0.3, -0.25) is 14.4 Å². The zero-order valence-electron chi connectivity index (χ0n) is 20.5. The van der Waals surface area contributed by atoms with Crippen molar-refractivity contribution < 1.29 is 14.4 Å². The standard InChI is InChI=1S/2C8H10OS.C6H6OS.2C2H6/c1-2-6(9)8-4-5-3-7(5)10-8;1-2-4-7(9)8-5-3-6-10-8;1-5(7)6-3-2-4-8-6;2*1-2/h4-5,7H,2-3H2,1H3;3,5-6H,2,4H2,1H3;2-4H,1H3;2*1-2H3. The molecule has 2 unspecified atom stereocenters. The normalized spacial score (nSPS) is 16.7. The van der Waals surface area contributed by atoms with E-state index in [1.165, 1.54) is 29.1 Å². The number of Topliss-reactive ketones (excluding diaryl/α,β-unsaturated/α-hetero) is 3. The largest absolute Gasteiger partial charge is 0.294 e. The summed E-state index contributed by atoms with van der Waals surface area (Å²) in [4.78, 5) is 35.5. The van der Waals surface area contributed by atoms with Gasteiger partial charge in [-0.15, -0.1) is 34.4 Å². The van der Waals surface area contributed by atoms with Gasteiger partial charge in [0.15, 0.2) is 17.3 Å². The molecule has 0 bridgehead atoms. The summed E-state index contributed by atoms with van der Waals surface area (Å²) in [5.41, 5.74) is 0. The minimum Gasteiger partial charge on any atom is -0.294 e. The molecule has 1 fully saturated rings. The Hall–Kier alpha value is -1.50. The average Bonchev–Trinajstić information content (AvgIpc) is 3.33. The Morgan fingerprint density at radius 3 is 1.81 bits per heavy atom. The summed E-state index contributed by atoms with van der Waals surface area (Å²) < 4.78 is 0. The Bertz CT molecular complexity index is 806. The van der Waals surface area contributed by atoms with Gasteiger partial charge < -0.3 is 0 Å². The first-order valence-corrected chi connectivity index (χ1v) is 14.1. The molecular formula is C26H38O3S3. The lowest BCUT2D eigenvalue weighted by Crippen LogP contribution is -1.95. The van der Waals surface area contributed by atoms with Crippen LogP contribution in [0.4, 0.5) is 0 Å². The summed E-state index contributed by atoms with van der Waals surface area (Å²) in [6.07, 6.45) is 5.75. The fourth-order valence-corrected chi connectivity index (χ4v) is 5.24. The predicted molar refractivity (Wildman–Crippen MR) is 143 cm³/mol. The van der Waals surface area contributed by atoms with Crippen molar-refractivity contribution in [3.8, 4) is 0 Å². The number of thiophene rings is 2. The predicted octanol–water partition coefficient (Wildman–Crippen LogP) is 8.72. The first-order valence-electron chi connectivity index (χ1n) is 11.5. The Labute approximate surface area is 206 Å². The van der Waals surface area contributed by atoms with Gasteiger partial charge in [0.05, 0.1) is 9.75 Å². The van der Waals surface area contributed by atoms with Crippen molar-refractivity contribution in [3.05, 3.63) is 55.8 Å². The second-order valence-electron chi connectivity index (χ2n) is 6.55. The number of carbonyl (C=O) groups is 3. The molecule has 0 aromatic carbocycles. The van der Waals surface area contributed by atoms with Gasteiger partial charge in [0.2, 0.25) is 0 Å². The van der Waals surface area contributed by atoms with Crippen LogP contribution in [0, 0.1) is 5.92 Å². The highest BCUT2D eigenvalue weighted by atomic mass is 32.2. The van der Waals surface area contributed by atoms with Gasteiger partial charge in [0.1, 0.15) is 0 Å². The van der Waals surface area contributed by atoms with Gasteiger partial charge in [-0.2, -0.15) is 0 Å². The molecule has 2 atom stereocenters. The summed E-state index contributed by atoms with van der Waals surface area (Å²) in [7, 11) is 0. The summed E-state index contributed by atoms with van der Waals surface area (Å²) >= 11 is 4.79. The van der Waals surface area contributed by atoms with E-state index in [9.17, 15) is 14.4 Å². The van der Waals surface area contributed by atoms with Crippen molar-refractivity contribution in [2.45, 2.75) is 79.4 Å². The van der Waals surface area contributed by atoms with Crippen molar-refractivity contribution in [2.75, 3.05) is 0 Å². The average molecular weight is 495 g/mol. The summed E-state index contributed by atoms with van der Waals surface area (Å²) in [6.45, 7) is 13.5. The maximum atomic E-state index is 11.1. The van der Waals surface area contributed by atoms with Crippen molar-refractivity contribution >= 4 is 51.8 Å². The molecular weight excluding hydrogens is 456 g/mol. The lowest BCUT2D eigenvalue weighted by molar-refractivity contribution is -0.114. The highest BCUT2D eigenvalue weighted by Gasteiger charge is 2.42. The highest BCUT2D eigenvalue weighted by Crippen LogP contribution is 2.52. The van der Waals surface area contributed by atoms with E-state index >= 15 is 0 Å². The Morgan fingerprint density at radius 2 is 1.47 bits per heavy atom. The Kier molecular flexibility index (Phi) is 17.1. The van der Waals surface area contributed by atoms with Crippen LogP contribution in [0.2, 0.25) is 0 Å². The van der Waals surface area contributed by atoms with Crippen LogP contribution in [0.25, 0.3) is 0 Å². The van der Waals surface area contributed by atoms with E-state index < -0.39 is 0 Å². The van der Waals surface area contributed by atoms with E-state index in [1.807, 2.05) is 76.6 Å². The zero-order valence-corrected chi connectivity index (χ0v) is 22.9. The maximum absolute atomic E-state index is 11.1. The molecule has 2 aliphatic rings. The van der Waals surface area contributed by atoms with E-state index in [4.69, 9.17) is 0 Å². The van der Waals surface area contributed by atoms with Crippen LogP contribution in [-0.2, 0) is 4.79 Å². The maximum Gasteiger partial charge on any atom is 0.172 e. The van der Waals surface area contributed by atoms with Crippen molar-refractivity contribution in [1.29, 1.82) is 0 Å². The molecule has 0 amide bonds. The number of thioether (sulfide) groups is 1. The van der Waals surface area contributed by atoms with Crippen LogP contribution in [0.5, 0.6) is 0 Å². The molecule has 2 aromatic rings. The van der Waals surface area contributed by atoms with Crippen molar-refractivity contribution in [1.82, 2.24) is 0 Å². The number of allylic oxidation sites excluding steroid dienone is 2. The number of carbonyl (C=O) groups excluding carboxylic acids is 3. The number of rotatable bonds is 6. The smallest absolute Gasteiger partial charge is 0.172 e. The molecule has 0 saturated heterocycles. The molecule has 6 heteroatoms. The van der Waals surface area contributed by atoms with E-state index in [0.717, 1.165) is 32.2 Å². The van der Waals surface area contributed by atoms with Gasteiger partial charge in [0, 0.05) is 23.0 Å². The van der Waals surface area contributed by atoms with E-state index in [0.29, 0.717) is 18.6 Å². The second kappa shape index (κ2) is 18.0. The molecule has 3 nitrogen and oxygen atoms in total. The molecule has 1 aliphatic carbocycles. The lowest BCUT2D eigenvalue weighted by atomic mass is 10.2. The van der Waals surface area contributed by atoms with E-state index in [2.05, 4.69) is 6.08 Å². The van der Waals surface area contributed by atoms with Gasteiger partial charge in [-0.25, -0.2) is 0 Å². The molecule has 1 aliphatic heterocycles. The lowest BCUT2D eigenvalue weighted by Gasteiger charge is -1.96. The summed E-state index contributed by atoms with van der Waals surface area (Å²) in [5, 5.41) is 4.62. The van der Waals surface area contributed by atoms with Crippen LogP contribution in [0.3, 0.4) is 0 Å². The number of hydrogen-bond donors (Lipinski definition) is 0. The zero-order chi connectivity index (χ0) is 24.5. The molecule has 0 spiro atoms. The first kappa shape index (κ1) is 30.5. The number of hydrogen-bond acceptors (Lipinski definition) is 6. The Morgan fingerprint density at radius 1 is 0.906 bits per heavy atom. The third kappa shape index (κ3) is 11.4. The number of fused-ring (bicyclic) bond motifs is 1. The van der Waals surface area contributed by atoms with Gasteiger partial charge in [0.25, 0.3) is 0 Å². The molecule has 3 heterocycles. The molecule has 2 aromatic heterocycles. The van der Waals surface area contributed by atoms with Crippen LogP contribution in [0.15, 0.2) is 46.0 Å². The van der Waals surface area contributed by atoms with E-state index in [-0.39, 0.29) is 11.6 Å². The summed E-state index contributed by atoms with van der Waals surface area (Å²) in [6, 6.07) is 7.49. The van der Waals surface area contributed by atoms with Gasteiger partial charge in [-0.05, 0) is 48.6 Å². The van der Waals surface area contributed by atoms with Crippen LogP contribution in [-0.4, -0.2) is 22.6 Å². The summed E-state index contributed by atoms with van der Waals surface area (Å²) in [5.74, 6) is 1.52. The fraction of sp³-hybridized carbons (Fsp3) is 0.500. The molecule has 1 saturated carbocycles. The van der Waals surface area contributed by atoms with Crippen molar-refractivity contribution in [2.24, 2.45) is 5.92 Å². The third-order valence-corrected chi connectivity index (χ3v) is 7.50. The van der Waals surface area contributed by atoms with E-state index in [1.54, 1.807) is 18.7 Å². The second-order valence-corrected chi connectivity index (χ2v) is 9.72. The third-order valence-electron chi connectivity index (χ3n) is 4.16. The van der Waals surface area contributed by atoms with Gasteiger partial charge >= 0.3 is 0 Å². The Balaban J connectivity index is 0.000000420. The minimum atomic E-state index is 0.153. The SMILES string of the molecule is CC.CC.CC(=O)c1cccs1.CCC(=O)C1=CC2CC2S1.CCCC(=O)c1cccs1. The van der Waals surface area contributed by atoms with Crippen LogP contribution in [0.1, 0.15) is 93.5 Å². The van der Waals surface area contributed by atoms with Crippen LogP contribution < -0.4 is 0 Å². The molecule has 4 rings (SSSR count). The molecule has 0 N–H and O–H groups in total. The minimum absolute atomic E-state index is 0.153. The van der Waals surface area contributed by atoms with Crippen LogP contribution >= 0.6 is 34.4 Å². The molecule has 32 heavy (non-hydrogen) atoms. The topological polar surface area (TPSA) is 51.2 Å². The monoisotopic (exact) mass is 494 g/mol. The molecule has 0 radical (unpaired) electrons. The van der Waals surface area contributed by atoms with Crippen molar-refractivity contribution in [3.63, 3.8) is 0 Å². The fourth-order valence-electron chi connectivity index (χ4n) is 2.50. The quantitative estimate of drug-likeness (QED) is 0.377. The molecule has 178 valence electrons. The number of ketones is 3. The first-order chi connectivity index (χ1) is 15.5.